The van der Waals surface area contributed by atoms with Crippen LogP contribution < -0.4 is 5.32 Å². The Balaban J connectivity index is 2.10. The molecule has 20 heavy (non-hydrogen) atoms. The molecular formula is C14H10N2O3S. The van der Waals surface area contributed by atoms with E-state index in [1.807, 2.05) is 19.1 Å². The lowest BCUT2D eigenvalue weighted by Gasteiger charge is -1.98. The molecule has 5 nitrogen and oxygen atoms in total. The molecule has 0 saturated carbocycles. The summed E-state index contributed by atoms with van der Waals surface area (Å²) >= 11 is 1.57. The van der Waals surface area contributed by atoms with Gasteiger partial charge in [0.05, 0.1) is 10.5 Å². The smallest absolute Gasteiger partial charge is 0.270 e. The maximum Gasteiger partial charge on any atom is 0.270 e. The minimum Gasteiger partial charge on any atom is -0.321 e. The second-order valence-electron chi connectivity index (χ2n) is 4.45. The number of aryl methyl sites for hydroxylation is 1. The van der Waals surface area contributed by atoms with Gasteiger partial charge in [-0.1, -0.05) is 0 Å². The highest BCUT2D eigenvalue weighted by atomic mass is 32.1. The van der Waals surface area contributed by atoms with Crippen LogP contribution in [0, 0.1) is 17.0 Å². The molecule has 2 aromatic rings. The Labute approximate surface area is 118 Å². The molecule has 6 heteroatoms. The minimum atomic E-state index is -0.462. The third-order valence-electron chi connectivity index (χ3n) is 3.04. The predicted octanol–water partition coefficient (Wildman–Crippen LogP) is 3.46. The molecule has 0 spiro atoms. The maximum absolute atomic E-state index is 12.0. The van der Waals surface area contributed by atoms with Crippen molar-refractivity contribution in [3.63, 3.8) is 0 Å². The van der Waals surface area contributed by atoms with E-state index < -0.39 is 4.92 Å². The summed E-state index contributed by atoms with van der Waals surface area (Å²) in [6, 6.07) is 8.27. The minimum absolute atomic E-state index is 0.0199. The highest BCUT2D eigenvalue weighted by Gasteiger charge is 2.26. The zero-order valence-corrected chi connectivity index (χ0v) is 11.4. The van der Waals surface area contributed by atoms with Crippen molar-refractivity contribution >= 4 is 40.3 Å². The standard InChI is InChI=1S/C14H10N2O3S/c1-8-2-4-10(20-8)7-12-11-6-9(16(18)19)3-5-13(11)15-14(12)17/h2-7H,1H3,(H,15,17)/b12-7-. The lowest BCUT2D eigenvalue weighted by Crippen LogP contribution is -2.03. The van der Waals surface area contributed by atoms with Crippen LogP contribution in [-0.2, 0) is 4.79 Å². The van der Waals surface area contributed by atoms with Gasteiger partial charge in [0.25, 0.3) is 11.6 Å². The van der Waals surface area contributed by atoms with E-state index in [1.54, 1.807) is 23.5 Å². The topological polar surface area (TPSA) is 72.2 Å². The van der Waals surface area contributed by atoms with E-state index in [0.717, 1.165) is 9.75 Å². The number of nitro groups is 1. The summed E-state index contributed by atoms with van der Waals surface area (Å²) in [6.45, 7) is 1.99. The third-order valence-corrected chi connectivity index (χ3v) is 3.99. The fraction of sp³-hybridized carbons (Fsp3) is 0.0714. The number of nitrogens with one attached hydrogen (secondary N) is 1. The van der Waals surface area contributed by atoms with E-state index in [9.17, 15) is 14.9 Å². The van der Waals surface area contributed by atoms with Crippen LogP contribution in [0.5, 0.6) is 0 Å². The molecule has 0 aliphatic carbocycles. The Morgan fingerprint density at radius 1 is 1.30 bits per heavy atom. The van der Waals surface area contributed by atoms with Crippen LogP contribution in [0.1, 0.15) is 15.3 Å². The van der Waals surface area contributed by atoms with Crippen molar-refractivity contribution in [2.45, 2.75) is 6.92 Å². The zero-order valence-electron chi connectivity index (χ0n) is 10.5. The molecule has 100 valence electrons. The maximum atomic E-state index is 12.0. The van der Waals surface area contributed by atoms with E-state index in [4.69, 9.17) is 0 Å². The molecule has 0 fully saturated rings. The van der Waals surface area contributed by atoms with Gasteiger partial charge in [0.15, 0.2) is 0 Å². The van der Waals surface area contributed by atoms with Crippen LogP contribution >= 0.6 is 11.3 Å². The summed E-state index contributed by atoms with van der Waals surface area (Å²) in [5, 5.41) is 13.5. The second-order valence-corrected chi connectivity index (χ2v) is 5.77. The van der Waals surface area contributed by atoms with Crippen molar-refractivity contribution in [2.24, 2.45) is 0 Å². The van der Waals surface area contributed by atoms with Crippen LogP contribution in [-0.4, -0.2) is 10.8 Å². The monoisotopic (exact) mass is 286 g/mol. The lowest BCUT2D eigenvalue weighted by atomic mass is 10.1. The van der Waals surface area contributed by atoms with E-state index in [-0.39, 0.29) is 11.6 Å². The van der Waals surface area contributed by atoms with Gasteiger partial charge in [-0.15, -0.1) is 11.3 Å². The van der Waals surface area contributed by atoms with Crippen LogP contribution in [0.2, 0.25) is 0 Å². The van der Waals surface area contributed by atoms with E-state index in [2.05, 4.69) is 5.32 Å². The second kappa shape index (κ2) is 4.57. The molecule has 3 rings (SSSR count). The summed E-state index contributed by atoms with van der Waals surface area (Å²) in [6.07, 6.45) is 1.77. The predicted molar refractivity (Wildman–Crippen MR) is 78.7 cm³/mol. The van der Waals surface area contributed by atoms with Crippen molar-refractivity contribution < 1.29 is 9.72 Å². The Bertz CT molecular complexity index is 762. The molecule has 0 radical (unpaired) electrons. The summed E-state index contributed by atoms with van der Waals surface area (Å²) in [5.74, 6) is -0.230. The molecule has 1 aliphatic rings. The first-order chi connectivity index (χ1) is 9.54. The number of anilines is 1. The molecule has 1 aromatic heterocycles. The van der Waals surface area contributed by atoms with E-state index >= 15 is 0 Å². The molecular weight excluding hydrogens is 276 g/mol. The number of rotatable bonds is 2. The number of carbonyl (C=O) groups excluding carboxylic acids is 1. The van der Waals surface area contributed by atoms with Gasteiger partial charge in [0.1, 0.15) is 0 Å². The number of hydrogen-bond acceptors (Lipinski definition) is 4. The number of nitrogens with zero attached hydrogens (tertiary/aromatic N) is 1. The summed E-state index contributed by atoms with van der Waals surface area (Å²) in [5.41, 5.74) is 1.63. The molecule has 1 aliphatic heterocycles. The van der Waals surface area contributed by atoms with Crippen molar-refractivity contribution in [1.82, 2.24) is 0 Å². The number of non-ortho nitro benzene ring substituents is 1. The Morgan fingerprint density at radius 2 is 2.10 bits per heavy atom. The van der Waals surface area contributed by atoms with E-state index in [1.165, 1.54) is 12.1 Å². The molecule has 0 saturated heterocycles. The Kier molecular flexibility index (Phi) is 2.87. The van der Waals surface area contributed by atoms with Crippen molar-refractivity contribution in [3.8, 4) is 0 Å². The van der Waals surface area contributed by atoms with E-state index in [0.29, 0.717) is 16.8 Å². The van der Waals surface area contributed by atoms with Crippen LogP contribution in [0.3, 0.4) is 0 Å². The number of hydrogen-bond donors (Lipinski definition) is 1. The summed E-state index contributed by atoms with van der Waals surface area (Å²) in [7, 11) is 0. The number of nitro benzene ring substituents is 1. The number of benzene rings is 1. The van der Waals surface area contributed by atoms with Gasteiger partial charge in [-0.3, -0.25) is 14.9 Å². The highest BCUT2D eigenvalue weighted by Crippen LogP contribution is 2.36. The molecule has 1 aromatic carbocycles. The van der Waals surface area contributed by atoms with Gasteiger partial charge in [-0.2, -0.15) is 0 Å². The lowest BCUT2D eigenvalue weighted by molar-refractivity contribution is -0.384. The number of carbonyl (C=O) groups is 1. The van der Waals surface area contributed by atoms with Gasteiger partial charge >= 0.3 is 0 Å². The first-order valence-corrected chi connectivity index (χ1v) is 6.74. The van der Waals surface area contributed by atoms with Crippen LogP contribution in [0.4, 0.5) is 11.4 Å². The zero-order chi connectivity index (χ0) is 14.3. The van der Waals surface area contributed by atoms with Crippen LogP contribution in [0.15, 0.2) is 30.3 Å². The number of fused-ring (bicyclic) bond motifs is 1. The largest absolute Gasteiger partial charge is 0.321 e. The average molecular weight is 286 g/mol. The Hall–Kier alpha value is -2.47. The van der Waals surface area contributed by atoms with Crippen molar-refractivity contribution in [1.29, 1.82) is 0 Å². The summed E-state index contributed by atoms with van der Waals surface area (Å²) in [4.78, 5) is 24.4. The first-order valence-electron chi connectivity index (χ1n) is 5.93. The van der Waals surface area contributed by atoms with Gasteiger partial charge in [0.2, 0.25) is 0 Å². The Morgan fingerprint density at radius 3 is 2.75 bits per heavy atom. The third kappa shape index (κ3) is 2.10. The van der Waals surface area contributed by atoms with Crippen molar-refractivity contribution in [2.75, 3.05) is 5.32 Å². The molecule has 1 amide bonds. The number of thiophene rings is 1. The molecule has 0 atom stereocenters. The van der Waals surface area contributed by atoms with Crippen LogP contribution in [0.25, 0.3) is 11.6 Å². The van der Waals surface area contributed by atoms with Gasteiger partial charge in [0, 0.05) is 33.1 Å². The number of amides is 1. The fourth-order valence-corrected chi connectivity index (χ4v) is 2.93. The average Bonchev–Trinajstić information content (AvgIpc) is 2.94. The quantitative estimate of drug-likeness (QED) is 0.522. The highest BCUT2D eigenvalue weighted by molar-refractivity contribution is 7.12. The first kappa shape index (κ1) is 12.6. The van der Waals surface area contributed by atoms with Gasteiger partial charge in [-0.25, -0.2) is 0 Å². The SMILES string of the molecule is Cc1ccc(/C=C2\C(=O)Nc3ccc([N+](=O)[O-])cc32)s1. The fourth-order valence-electron chi connectivity index (χ4n) is 2.11. The van der Waals surface area contributed by atoms with Crippen molar-refractivity contribution in [3.05, 3.63) is 55.8 Å². The molecule has 0 bridgehead atoms. The molecule has 1 N–H and O–H groups in total. The molecule has 2 heterocycles. The normalized spacial score (nSPS) is 15.2. The van der Waals surface area contributed by atoms with Gasteiger partial charge in [-0.05, 0) is 31.2 Å². The molecule has 0 unspecified atom stereocenters. The summed E-state index contributed by atoms with van der Waals surface area (Å²) < 4.78 is 0. The van der Waals surface area contributed by atoms with Gasteiger partial charge < -0.3 is 5.32 Å².